The van der Waals surface area contributed by atoms with Crippen molar-refractivity contribution in [2.45, 2.75) is 65.3 Å². The third-order valence-corrected chi connectivity index (χ3v) is 7.56. The number of morpholine rings is 1. The van der Waals surface area contributed by atoms with Gasteiger partial charge in [-0.25, -0.2) is 0 Å². The number of aliphatic hydroxyl groups is 4. The van der Waals surface area contributed by atoms with Crippen molar-refractivity contribution in [2.75, 3.05) is 44.9 Å². The van der Waals surface area contributed by atoms with Crippen LogP contribution in [0.2, 0.25) is 0 Å². The molecule has 4 N–H and O–H groups in total. The van der Waals surface area contributed by atoms with Crippen molar-refractivity contribution in [3.8, 4) is 0 Å². The first-order valence-electron chi connectivity index (χ1n) is 14.0. The molecule has 0 saturated carbocycles. The number of methoxy groups -OCH3 is 1. The Labute approximate surface area is 247 Å². The first-order valence-corrected chi connectivity index (χ1v) is 14.0. The van der Waals surface area contributed by atoms with Gasteiger partial charge < -0.3 is 39.5 Å². The zero-order chi connectivity index (χ0) is 31.3. The molecule has 0 spiro atoms. The normalized spacial score (nSPS) is 16.3. The van der Waals surface area contributed by atoms with E-state index in [-0.39, 0.29) is 19.1 Å². The fourth-order valence-electron chi connectivity index (χ4n) is 4.92. The molecule has 1 atom stereocenters. The highest BCUT2D eigenvalue weighted by Gasteiger charge is 2.48. The van der Waals surface area contributed by atoms with E-state index in [0.717, 1.165) is 23.7 Å². The molecule has 1 fully saturated rings. The molecule has 0 radical (unpaired) electrons. The highest BCUT2D eigenvalue weighted by molar-refractivity contribution is 5.89. The minimum atomic E-state index is -3.08. The lowest BCUT2D eigenvalue weighted by Gasteiger charge is -2.35. The van der Waals surface area contributed by atoms with Crippen molar-refractivity contribution in [1.29, 1.82) is 0 Å². The van der Waals surface area contributed by atoms with Crippen LogP contribution in [-0.4, -0.2) is 89.6 Å². The third-order valence-electron chi connectivity index (χ3n) is 7.56. The van der Waals surface area contributed by atoms with Gasteiger partial charge in [-0.3, -0.25) is 14.4 Å². The predicted octanol–water partition coefficient (Wildman–Crippen LogP) is 2.62. The van der Waals surface area contributed by atoms with Gasteiger partial charge in [-0.05, 0) is 56.5 Å². The monoisotopic (exact) mass is 587 g/mol. The minimum absolute atomic E-state index is 0.133. The number of fused-ring (bicyclic) bond motifs is 1. The molecule has 1 aromatic heterocycles. The van der Waals surface area contributed by atoms with Crippen LogP contribution in [0, 0.1) is 5.41 Å². The molecule has 11 nitrogen and oxygen atoms in total. The van der Waals surface area contributed by atoms with Gasteiger partial charge in [-0.15, -0.1) is 0 Å². The van der Waals surface area contributed by atoms with Crippen molar-refractivity contribution >= 4 is 29.3 Å². The molecule has 1 aliphatic heterocycles. The number of aliphatic imine (C=N–C) groups is 1. The lowest BCUT2D eigenvalue weighted by atomic mass is 9.85. The summed E-state index contributed by atoms with van der Waals surface area (Å²) in [6.45, 7) is 15.6. The first-order chi connectivity index (χ1) is 19.6. The number of anilines is 1. The van der Waals surface area contributed by atoms with Gasteiger partial charge in [0.05, 0.1) is 37.1 Å². The molecule has 11 heteroatoms. The van der Waals surface area contributed by atoms with E-state index >= 15 is 0 Å². The van der Waals surface area contributed by atoms with E-state index in [1.807, 2.05) is 45.9 Å². The fourth-order valence-corrected chi connectivity index (χ4v) is 4.92. The van der Waals surface area contributed by atoms with Crippen LogP contribution >= 0.6 is 0 Å². The van der Waals surface area contributed by atoms with Crippen molar-refractivity contribution in [3.63, 3.8) is 0 Å². The lowest BCUT2D eigenvalue weighted by molar-refractivity contribution is -0.392. The number of carbonyl (C=O) groups excluding carboxylic acids is 1. The maximum absolute atomic E-state index is 11.2. The topological polar surface area (TPSA) is 146 Å². The number of carbonyl (C=O) groups is 1. The number of nitrogens with zero attached hydrogens (tertiary/aromatic N) is 3. The second-order valence-corrected chi connectivity index (χ2v) is 11.7. The smallest absolute Gasteiger partial charge is 0.307 e. The summed E-state index contributed by atoms with van der Waals surface area (Å²) in [4.78, 5) is 17.6. The van der Waals surface area contributed by atoms with Crippen LogP contribution in [0.1, 0.15) is 45.9 Å². The van der Waals surface area contributed by atoms with Crippen LogP contribution in [0.4, 0.5) is 5.69 Å². The van der Waals surface area contributed by atoms with E-state index < -0.39 is 17.1 Å². The number of allylic oxidation sites excluding steroid dienone is 2. The summed E-state index contributed by atoms with van der Waals surface area (Å²) < 4.78 is 17.1. The highest BCUT2D eigenvalue weighted by Crippen LogP contribution is 2.39. The minimum Gasteiger partial charge on any atom is -0.467 e. The molecular formula is C31H45N3O8. The summed E-state index contributed by atoms with van der Waals surface area (Å²) in [6, 6.07) is 5.60. The first kappa shape index (κ1) is 33.4. The van der Waals surface area contributed by atoms with Gasteiger partial charge in [-0.2, -0.15) is 0 Å². The molecule has 0 bridgehead atoms. The highest BCUT2D eigenvalue weighted by atomic mass is 16.6. The summed E-state index contributed by atoms with van der Waals surface area (Å²) in [5.74, 6) is -5.99. The van der Waals surface area contributed by atoms with Gasteiger partial charge in [-0.1, -0.05) is 26.5 Å². The van der Waals surface area contributed by atoms with Gasteiger partial charge in [0.25, 0.3) is 6.47 Å². The quantitative estimate of drug-likeness (QED) is 0.149. The van der Waals surface area contributed by atoms with Crippen molar-refractivity contribution in [3.05, 3.63) is 53.4 Å². The zero-order valence-corrected chi connectivity index (χ0v) is 25.5. The van der Waals surface area contributed by atoms with Crippen molar-refractivity contribution < 1.29 is 39.4 Å². The molecule has 2 heterocycles. The zero-order valence-electron chi connectivity index (χ0n) is 25.5. The van der Waals surface area contributed by atoms with Crippen molar-refractivity contribution in [1.82, 2.24) is 4.57 Å². The Hall–Kier alpha value is -3.06. The third kappa shape index (κ3) is 7.66. The van der Waals surface area contributed by atoms with E-state index in [1.54, 1.807) is 19.4 Å². The number of aromatic nitrogens is 1. The lowest BCUT2D eigenvalue weighted by Crippen LogP contribution is -2.54. The number of hydrogen-bond donors (Lipinski definition) is 4. The number of hydrogen-bond acceptors (Lipinski definition) is 10. The summed E-state index contributed by atoms with van der Waals surface area (Å²) in [7, 11) is 1.58. The van der Waals surface area contributed by atoms with E-state index in [0.29, 0.717) is 61.5 Å². The summed E-state index contributed by atoms with van der Waals surface area (Å²) in [5.41, 5.74) is 3.35. The molecule has 0 amide bonds. The molecule has 1 saturated heterocycles. The Bertz CT molecular complexity index is 1310. The molecule has 42 heavy (non-hydrogen) atoms. The Morgan fingerprint density at radius 1 is 1.19 bits per heavy atom. The maximum atomic E-state index is 11.2. The fraction of sp³-hybridized carbons (Fsp3) is 0.548. The van der Waals surface area contributed by atoms with Gasteiger partial charge in [0.2, 0.25) is 5.79 Å². The number of ether oxygens (including phenoxy) is 3. The molecule has 232 valence electrons. The van der Waals surface area contributed by atoms with E-state index in [1.165, 1.54) is 4.57 Å². The SMILES string of the molecule is C=C(N=C/C(C)=C\Cc1c(CC(C)(C)COC=O)c2cc(N3CCOCC3)ccc2n1C(O)(O)C(C)(O)O)C(C)OC. The Kier molecular flexibility index (Phi) is 10.7. The Morgan fingerprint density at radius 2 is 1.86 bits per heavy atom. The van der Waals surface area contributed by atoms with E-state index in [4.69, 9.17) is 14.2 Å². The van der Waals surface area contributed by atoms with Crippen LogP contribution < -0.4 is 4.90 Å². The number of benzene rings is 1. The summed E-state index contributed by atoms with van der Waals surface area (Å²) >= 11 is 0. The second kappa shape index (κ2) is 13.5. The molecule has 0 aliphatic carbocycles. The second-order valence-electron chi connectivity index (χ2n) is 11.7. The van der Waals surface area contributed by atoms with Gasteiger partial charge in [0, 0.05) is 55.0 Å². The molecule has 1 aromatic carbocycles. The maximum Gasteiger partial charge on any atom is 0.307 e. The summed E-state index contributed by atoms with van der Waals surface area (Å²) in [6.07, 6.45) is 3.85. The van der Waals surface area contributed by atoms with Crippen LogP contribution in [0.25, 0.3) is 10.9 Å². The van der Waals surface area contributed by atoms with Crippen molar-refractivity contribution in [2.24, 2.45) is 10.4 Å². The van der Waals surface area contributed by atoms with Crippen LogP contribution in [0.5, 0.6) is 0 Å². The Balaban J connectivity index is 2.24. The molecule has 1 unspecified atom stereocenters. The molecule has 2 aromatic rings. The van der Waals surface area contributed by atoms with Gasteiger partial charge in [0.15, 0.2) is 0 Å². The van der Waals surface area contributed by atoms with Gasteiger partial charge >= 0.3 is 5.91 Å². The summed E-state index contributed by atoms with van der Waals surface area (Å²) in [5, 5.41) is 44.2. The van der Waals surface area contributed by atoms with Crippen LogP contribution in [-0.2, 0) is 37.8 Å². The van der Waals surface area contributed by atoms with Crippen LogP contribution in [0.3, 0.4) is 0 Å². The predicted molar refractivity (Wildman–Crippen MR) is 161 cm³/mol. The van der Waals surface area contributed by atoms with E-state index in [2.05, 4.69) is 16.5 Å². The average Bonchev–Trinajstić information content (AvgIpc) is 3.25. The Morgan fingerprint density at radius 3 is 2.45 bits per heavy atom. The average molecular weight is 588 g/mol. The molecule has 3 rings (SSSR count). The standard InChI is InChI=1S/C31H45N3O8/c1-21(18-32-22(2)23(3)40-7)8-10-28-26(17-29(4,5)19-42-20-35)25-16-24(33-12-14-41-15-13-33)9-11-27(25)34(28)31(38,39)30(6,36)37/h8-9,11,16,18,20,23,36-39H,2,10,12-15,17,19H2,1,3-7H3/b21-8-,32-18?. The van der Waals surface area contributed by atoms with Gasteiger partial charge in [0.1, 0.15) is 0 Å². The van der Waals surface area contributed by atoms with E-state index in [9.17, 15) is 25.2 Å². The number of rotatable bonds is 14. The molecular weight excluding hydrogens is 542 g/mol. The van der Waals surface area contributed by atoms with Crippen LogP contribution in [0.15, 0.2) is 47.1 Å². The largest absolute Gasteiger partial charge is 0.467 e. The molecule has 1 aliphatic rings.